The Morgan fingerprint density at radius 1 is 1.50 bits per heavy atom. The van der Waals surface area contributed by atoms with Crippen molar-refractivity contribution in [2.24, 2.45) is 5.92 Å². The van der Waals surface area contributed by atoms with Gasteiger partial charge in [0.05, 0.1) is 0 Å². The first-order valence-corrected chi connectivity index (χ1v) is 5.68. The van der Waals surface area contributed by atoms with Crippen molar-refractivity contribution in [3.63, 3.8) is 0 Å². The van der Waals surface area contributed by atoms with Gasteiger partial charge in [0.15, 0.2) is 0 Å². The molecular formula is C11H20N2O. The van der Waals surface area contributed by atoms with Crippen LogP contribution in [-0.2, 0) is 4.79 Å². The Morgan fingerprint density at radius 3 is 2.86 bits per heavy atom. The van der Waals surface area contributed by atoms with E-state index in [1.807, 2.05) is 0 Å². The highest BCUT2D eigenvalue weighted by atomic mass is 16.2. The average molecular weight is 196 g/mol. The van der Waals surface area contributed by atoms with Gasteiger partial charge in [-0.1, -0.05) is 13.8 Å². The van der Waals surface area contributed by atoms with Crippen molar-refractivity contribution in [3.05, 3.63) is 0 Å². The Morgan fingerprint density at radius 2 is 2.29 bits per heavy atom. The van der Waals surface area contributed by atoms with Crippen LogP contribution in [0.1, 0.15) is 33.1 Å². The van der Waals surface area contributed by atoms with Crippen molar-refractivity contribution in [3.8, 4) is 0 Å². The SMILES string of the molecule is CC(C)CN1CCCC12CCNC2=O. The lowest BCUT2D eigenvalue weighted by atomic mass is 9.93. The maximum atomic E-state index is 11.8. The van der Waals surface area contributed by atoms with E-state index in [2.05, 4.69) is 24.1 Å². The predicted octanol–water partition coefficient (Wildman–Crippen LogP) is 0.997. The van der Waals surface area contributed by atoms with Crippen molar-refractivity contribution < 1.29 is 4.79 Å². The zero-order valence-corrected chi connectivity index (χ0v) is 9.18. The fraction of sp³-hybridized carbons (Fsp3) is 0.909. The van der Waals surface area contributed by atoms with E-state index < -0.39 is 0 Å². The Balaban J connectivity index is 2.12. The molecule has 0 aromatic carbocycles. The number of nitrogens with zero attached hydrogens (tertiary/aromatic N) is 1. The quantitative estimate of drug-likeness (QED) is 0.714. The second-order valence-electron chi connectivity index (χ2n) is 4.98. The lowest BCUT2D eigenvalue weighted by Crippen LogP contribution is -2.50. The third-order valence-electron chi connectivity index (χ3n) is 3.46. The summed E-state index contributed by atoms with van der Waals surface area (Å²) in [6.07, 6.45) is 3.25. The molecule has 80 valence electrons. The van der Waals surface area contributed by atoms with Crippen LogP contribution in [0.25, 0.3) is 0 Å². The summed E-state index contributed by atoms with van der Waals surface area (Å²) in [5, 5.41) is 2.97. The monoisotopic (exact) mass is 196 g/mol. The number of nitrogens with one attached hydrogen (secondary N) is 1. The molecule has 2 rings (SSSR count). The summed E-state index contributed by atoms with van der Waals surface area (Å²) in [6, 6.07) is 0. The van der Waals surface area contributed by atoms with Gasteiger partial charge >= 0.3 is 0 Å². The fourth-order valence-corrected chi connectivity index (χ4v) is 2.84. The van der Waals surface area contributed by atoms with Gasteiger partial charge in [-0.2, -0.15) is 0 Å². The number of likely N-dealkylation sites (tertiary alicyclic amines) is 1. The molecule has 14 heavy (non-hydrogen) atoms. The number of rotatable bonds is 2. The van der Waals surface area contributed by atoms with Crippen molar-refractivity contribution in [2.45, 2.75) is 38.6 Å². The van der Waals surface area contributed by atoms with Crippen molar-refractivity contribution in [1.29, 1.82) is 0 Å². The maximum absolute atomic E-state index is 11.8. The summed E-state index contributed by atoms with van der Waals surface area (Å²) in [6.45, 7) is 7.48. The van der Waals surface area contributed by atoms with Gasteiger partial charge in [-0.05, 0) is 31.7 Å². The zero-order chi connectivity index (χ0) is 10.2. The van der Waals surface area contributed by atoms with Gasteiger partial charge in [0, 0.05) is 13.1 Å². The molecule has 0 radical (unpaired) electrons. The molecule has 1 spiro atoms. The lowest BCUT2D eigenvalue weighted by Gasteiger charge is -2.33. The van der Waals surface area contributed by atoms with Crippen LogP contribution < -0.4 is 5.32 Å². The highest BCUT2D eigenvalue weighted by Gasteiger charge is 2.49. The molecule has 3 nitrogen and oxygen atoms in total. The number of hydrogen-bond acceptors (Lipinski definition) is 2. The van der Waals surface area contributed by atoms with Gasteiger partial charge in [0.25, 0.3) is 0 Å². The third-order valence-corrected chi connectivity index (χ3v) is 3.46. The van der Waals surface area contributed by atoms with Crippen LogP contribution in [0.15, 0.2) is 0 Å². The molecule has 2 aliphatic heterocycles. The minimum Gasteiger partial charge on any atom is -0.354 e. The van der Waals surface area contributed by atoms with E-state index in [1.165, 1.54) is 6.42 Å². The normalized spacial score (nSPS) is 33.2. The van der Waals surface area contributed by atoms with Crippen LogP contribution in [0.2, 0.25) is 0 Å². The van der Waals surface area contributed by atoms with E-state index in [-0.39, 0.29) is 11.4 Å². The van der Waals surface area contributed by atoms with E-state index >= 15 is 0 Å². The Hall–Kier alpha value is -0.570. The molecule has 2 saturated heterocycles. The van der Waals surface area contributed by atoms with Gasteiger partial charge in [0.2, 0.25) is 5.91 Å². The summed E-state index contributed by atoms with van der Waals surface area (Å²) in [4.78, 5) is 14.2. The van der Waals surface area contributed by atoms with Gasteiger partial charge in [-0.25, -0.2) is 0 Å². The largest absolute Gasteiger partial charge is 0.354 e. The van der Waals surface area contributed by atoms with Crippen molar-refractivity contribution in [2.75, 3.05) is 19.6 Å². The second-order valence-corrected chi connectivity index (χ2v) is 4.98. The number of carbonyl (C=O) groups excluding carboxylic acids is 1. The molecule has 0 aromatic heterocycles. The van der Waals surface area contributed by atoms with E-state index in [0.717, 1.165) is 32.5 Å². The second kappa shape index (κ2) is 3.54. The molecule has 0 aliphatic carbocycles. The van der Waals surface area contributed by atoms with Crippen LogP contribution >= 0.6 is 0 Å². The average Bonchev–Trinajstić information content (AvgIpc) is 2.63. The maximum Gasteiger partial charge on any atom is 0.240 e. The standard InChI is InChI=1S/C11H20N2O/c1-9(2)8-13-7-3-4-11(13)5-6-12-10(11)14/h9H,3-8H2,1-2H3,(H,12,14). The molecular weight excluding hydrogens is 176 g/mol. The van der Waals surface area contributed by atoms with Crippen molar-refractivity contribution >= 4 is 5.91 Å². The van der Waals surface area contributed by atoms with E-state index in [4.69, 9.17) is 0 Å². The van der Waals surface area contributed by atoms with Crippen LogP contribution in [-0.4, -0.2) is 36.0 Å². The molecule has 2 aliphatic rings. The zero-order valence-electron chi connectivity index (χ0n) is 9.18. The Kier molecular flexibility index (Phi) is 2.52. The van der Waals surface area contributed by atoms with Crippen LogP contribution in [0.4, 0.5) is 0 Å². The van der Waals surface area contributed by atoms with Gasteiger partial charge in [-0.15, -0.1) is 0 Å². The minimum atomic E-state index is -0.121. The molecule has 1 atom stereocenters. The molecule has 3 heteroatoms. The van der Waals surface area contributed by atoms with E-state index in [1.54, 1.807) is 0 Å². The first kappa shape index (κ1) is 9.97. The molecule has 1 N–H and O–H groups in total. The Labute approximate surface area is 85.8 Å². The lowest BCUT2D eigenvalue weighted by molar-refractivity contribution is -0.128. The summed E-state index contributed by atoms with van der Waals surface area (Å²) in [5.74, 6) is 0.925. The van der Waals surface area contributed by atoms with Crippen molar-refractivity contribution in [1.82, 2.24) is 10.2 Å². The smallest absolute Gasteiger partial charge is 0.240 e. The van der Waals surface area contributed by atoms with Gasteiger partial charge < -0.3 is 5.32 Å². The van der Waals surface area contributed by atoms with E-state index in [9.17, 15) is 4.79 Å². The van der Waals surface area contributed by atoms with Gasteiger partial charge in [0.1, 0.15) is 5.54 Å². The number of carbonyl (C=O) groups is 1. The first-order valence-electron chi connectivity index (χ1n) is 5.68. The summed E-state index contributed by atoms with van der Waals surface area (Å²) in [7, 11) is 0. The molecule has 2 heterocycles. The topological polar surface area (TPSA) is 32.3 Å². The van der Waals surface area contributed by atoms with Crippen LogP contribution in [0.3, 0.4) is 0 Å². The number of hydrogen-bond donors (Lipinski definition) is 1. The van der Waals surface area contributed by atoms with Crippen LogP contribution in [0.5, 0.6) is 0 Å². The molecule has 0 saturated carbocycles. The Bertz CT molecular complexity index is 235. The number of amides is 1. The first-order chi connectivity index (χ1) is 6.65. The highest BCUT2D eigenvalue weighted by molar-refractivity contribution is 5.88. The van der Waals surface area contributed by atoms with E-state index in [0.29, 0.717) is 5.92 Å². The highest BCUT2D eigenvalue weighted by Crippen LogP contribution is 2.35. The summed E-state index contributed by atoms with van der Waals surface area (Å²) >= 11 is 0. The summed E-state index contributed by atoms with van der Waals surface area (Å²) < 4.78 is 0. The molecule has 1 amide bonds. The third kappa shape index (κ3) is 1.44. The molecule has 0 bridgehead atoms. The fourth-order valence-electron chi connectivity index (χ4n) is 2.84. The minimum absolute atomic E-state index is 0.121. The molecule has 2 fully saturated rings. The molecule has 0 aromatic rings. The van der Waals surface area contributed by atoms with Gasteiger partial charge in [-0.3, -0.25) is 9.69 Å². The summed E-state index contributed by atoms with van der Waals surface area (Å²) in [5.41, 5.74) is -0.121. The predicted molar refractivity (Wildman–Crippen MR) is 56.0 cm³/mol. The molecule has 1 unspecified atom stereocenters. The van der Waals surface area contributed by atoms with Crippen LogP contribution in [0, 0.1) is 5.92 Å².